The first-order valence-corrected chi connectivity index (χ1v) is 7.76. The minimum atomic E-state index is -0.719. The second-order valence-corrected chi connectivity index (χ2v) is 6.07. The summed E-state index contributed by atoms with van der Waals surface area (Å²) in [6, 6.07) is 4.93. The molecule has 0 radical (unpaired) electrons. The molecule has 0 aromatic heterocycles. The molecule has 0 unspecified atom stereocenters. The van der Waals surface area contributed by atoms with Crippen LogP contribution >= 0.6 is 0 Å². The Hall–Kier alpha value is -2.57. The molecule has 0 saturated heterocycles. The maximum atomic E-state index is 12.0. The molecule has 0 saturated carbocycles. The van der Waals surface area contributed by atoms with E-state index in [-0.39, 0.29) is 18.4 Å². The monoisotopic (exact) mass is 335 g/mol. The van der Waals surface area contributed by atoms with Gasteiger partial charge in [0.25, 0.3) is 11.8 Å². The lowest BCUT2D eigenvalue weighted by atomic mass is 10.0. The number of ether oxygens (including phenoxy) is 1. The highest BCUT2D eigenvalue weighted by atomic mass is 16.5. The predicted molar refractivity (Wildman–Crippen MR) is 90.1 cm³/mol. The van der Waals surface area contributed by atoms with Crippen molar-refractivity contribution in [3.8, 4) is 5.75 Å². The lowest BCUT2D eigenvalue weighted by Crippen LogP contribution is -2.54. The van der Waals surface area contributed by atoms with Gasteiger partial charge in [-0.1, -0.05) is 19.9 Å². The van der Waals surface area contributed by atoms with Crippen LogP contribution in [0.5, 0.6) is 5.75 Å². The molecular formula is C17H25N3O4. The fourth-order valence-electron chi connectivity index (χ4n) is 2.16. The Morgan fingerprint density at radius 3 is 2.12 bits per heavy atom. The highest BCUT2D eigenvalue weighted by molar-refractivity contribution is 5.89. The topological polar surface area (TPSA) is 96.5 Å². The van der Waals surface area contributed by atoms with Gasteiger partial charge in [0.05, 0.1) is 0 Å². The van der Waals surface area contributed by atoms with Gasteiger partial charge in [0, 0.05) is 6.92 Å². The summed E-state index contributed by atoms with van der Waals surface area (Å²) in [7, 11) is 0. The third-order valence-electron chi connectivity index (χ3n) is 3.20. The zero-order chi connectivity index (χ0) is 18.3. The zero-order valence-electron chi connectivity index (χ0n) is 14.7. The Morgan fingerprint density at radius 1 is 1.04 bits per heavy atom. The molecule has 3 amide bonds. The first-order valence-electron chi connectivity index (χ1n) is 7.76. The summed E-state index contributed by atoms with van der Waals surface area (Å²) in [6.45, 7) is 8.58. The van der Waals surface area contributed by atoms with E-state index < -0.39 is 17.9 Å². The number of amides is 3. The van der Waals surface area contributed by atoms with E-state index in [1.54, 1.807) is 13.8 Å². The fourth-order valence-corrected chi connectivity index (χ4v) is 2.16. The number of aryl methyl sites for hydroxylation is 2. The third-order valence-corrected chi connectivity index (χ3v) is 3.20. The van der Waals surface area contributed by atoms with Crippen LogP contribution in [0.3, 0.4) is 0 Å². The van der Waals surface area contributed by atoms with Crippen LogP contribution in [0.15, 0.2) is 18.2 Å². The molecule has 1 aromatic carbocycles. The molecule has 0 aliphatic rings. The highest BCUT2D eigenvalue weighted by Crippen LogP contribution is 2.15. The van der Waals surface area contributed by atoms with Gasteiger partial charge in [-0.15, -0.1) is 0 Å². The molecule has 0 bridgehead atoms. The summed E-state index contributed by atoms with van der Waals surface area (Å²) in [5, 5.41) is 2.54. The van der Waals surface area contributed by atoms with Crippen molar-refractivity contribution in [3.05, 3.63) is 29.3 Å². The quantitative estimate of drug-likeness (QED) is 0.676. The van der Waals surface area contributed by atoms with E-state index in [1.165, 1.54) is 6.92 Å². The molecular weight excluding hydrogens is 310 g/mol. The molecule has 0 heterocycles. The summed E-state index contributed by atoms with van der Waals surface area (Å²) in [4.78, 5) is 34.9. The smallest absolute Gasteiger partial charge is 0.276 e. The summed E-state index contributed by atoms with van der Waals surface area (Å²) in [5.74, 6) is -0.814. The fraction of sp³-hybridized carbons (Fsp3) is 0.471. The van der Waals surface area contributed by atoms with E-state index in [4.69, 9.17) is 4.74 Å². The Balaban J connectivity index is 2.47. The number of rotatable bonds is 6. The lowest BCUT2D eigenvalue weighted by molar-refractivity contribution is -0.133. The van der Waals surface area contributed by atoms with E-state index >= 15 is 0 Å². The minimum Gasteiger partial charge on any atom is -0.484 e. The Morgan fingerprint density at radius 2 is 1.62 bits per heavy atom. The molecule has 3 N–H and O–H groups in total. The number of carbonyl (C=O) groups excluding carboxylic acids is 3. The molecule has 0 aliphatic heterocycles. The zero-order valence-corrected chi connectivity index (χ0v) is 14.7. The van der Waals surface area contributed by atoms with Gasteiger partial charge in [-0.25, -0.2) is 0 Å². The van der Waals surface area contributed by atoms with Crippen LogP contribution in [-0.2, 0) is 14.4 Å². The Kier molecular flexibility index (Phi) is 7.23. The van der Waals surface area contributed by atoms with Gasteiger partial charge in [-0.2, -0.15) is 0 Å². The number of carbonyl (C=O) groups is 3. The van der Waals surface area contributed by atoms with Crippen LogP contribution < -0.4 is 20.9 Å². The third kappa shape index (κ3) is 6.68. The summed E-state index contributed by atoms with van der Waals surface area (Å²) < 4.78 is 5.40. The van der Waals surface area contributed by atoms with Crippen molar-refractivity contribution in [2.75, 3.05) is 6.61 Å². The van der Waals surface area contributed by atoms with E-state index in [2.05, 4.69) is 16.2 Å². The molecule has 0 fully saturated rings. The van der Waals surface area contributed by atoms with Crippen molar-refractivity contribution in [1.29, 1.82) is 0 Å². The molecule has 24 heavy (non-hydrogen) atoms. The Bertz CT molecular complexity index is 594. The average molecular weight is 335 g/mol. The lowest BCUT2D eigenvalue weighted by Gasteiger charge is -2.21. The number of hydrogen-bond donors (Lipinski definition) is 3. The average Bonchev–Trinajstić information content (AvgIpc) is 2.46. The van der Waals surface area contributed by atoms with Crippen LogP contribution in [-0.4, -0.2) is 30.4 Å². The molecule has 7 nitrogen and oxygen atoms in total. The summed E-state index contributed by atoms with van der Waals surface area (Å²) >= 11 is 0. The minimum absolute atomic E-state index is 0.114. The van der Waals surface area contributed by atoms with Gasteiger partial charge < -0.3 is 10.1 Å². The number of nitrogens with one attached hydrogen (secondary N) is 3. The maximum absolute atomic E-state index is 12.0. The van der Waals surface area contributed by atoms with Crippen LogP contribution in [0.1, 0.15) is 31.9 Å². The van der Waals surface area contributed by atoms with Crippen LogP contribution in [0.25, 0.3) is 0 Å². The summed E-state index contributed by atoms with van der Waals surface area (Å²) in [6.07, 6.45) is 0. The van der Waals surface area contributed by atoms with Crippen LogP contribution in [0.4, 0.5) is 0 Å². The molecule has 0 aliphatic carbocycles. The Labute approximate surface area is 142 Å². The molecule has 1 atom stereocenters. The normalized spacial score (nSPS) is 11.6. The van der Waals surface area contributed by atoms with Crippen molar-refractivity contribution >= 4 is 17.7 Å². The number of hydrogen-bond acceptors (Lipinski definition) is 4. The van der Waals surface area contributed by atoms with Gasteiger partial charge in [0.15, 0.2) is 6.61 Å². The van der Waals surface area contributed by atoms with Crippen molar-refractivity contribution in [1.82, 2.24) is 16.2 Å². The second kappa shape index (κ2) is 8.90. The first-order chi connectivity index (χ1) is 11.2. The van der Waals surface area contributed by atoms with Gasteiger partial charge in [0.1, 0.15) is 11.8 Å². The van der Waals surface area contributed by atoms with E-state index in [0.717, 1.165) is 11.1 Å². The van der Waals surface area contributed by atoms with Crippen molar-refractivity contribution in [3.63, 3.8) is 0 Å². The van der Waals surface area contributed by atoms with Gasteiger partial charge in [-0.05, 0) is 43.0 Å². The van der Waals surface area contributed by atoms with Gasteiger partial charge in [-0.3, -0.25) is 25.2 Å². The van der Waals surface area contributed by atoms with E-state index in [9.17, 15) is 14.4 Å². The standard InChI is InChI=1S/C17H25N3O4/c1-10(2)16(18-13(5)21)17(23)20-19-15(22)9-24-14-7-11(3)6-12(4)8-14/h6-8,10,16H,9H2,1-5H3,(H,18,21)(H,19,22)(H,20,23)/t16-/m1/s1. The van der Waals surface area contributed by atoms with Crippen molar-refractivity contribution in [2.45, 2.75) is 40.7 Å². The molecule has 132 valence electrons. The van der Waals surface area contributed by atoms with Crippen LogP contribution in [0.2, 0.25) is 0 Å². The van der Waals surface area contributed by atoms with E-state index in [0.29, 0.717) is 5.75 Å². The van der Waals surface area contributed by atoms with E-state index in [1.807, 2.05) is 32.0 Å². The second-order valence-electron chi connectivity index (χ2n) is 6.07. The predicted octanol–water partition coefficient (Wildman–Crippen LogP) is 0.990. The molecule has 0 spiro atoms. The largest absolute Gasteiger partial charge is 0.484 e. The molecule has 7 heteroatoms. The number of hydrazine groups is 1. The maximum Gasteiger partial charge on any atom is 0.276 e. The summed E-state index contributed by atoms with van der Waals surface area (Å²) in [5.41, 5.74) is 6.64. The van der Waals surface area contributed by atoms with Crippen LogP contribution in [0, 0.1) is 19.8 Å². The van der Waals surface area contributed by atoms with Gasteiger partial charge in [0.2, 0.25) is 5.91 Å². The van der Waals surface area contributed by atoms with Crippen molar-refractivity contribution in [2.24, 2.45) is 5.92 Å². The van der Waals surface area contributed by atoms with Gasteiger partial charge >= 0.3 is 0 Å². The first kappa shape index (κ1) is 19.5. The van der Waals surface area contributed by atoms with Crippen molar-refractivity contribution < 1.29 is 19.1 Å². The number of benzene rings is 1. The SMILES string of the molecule is CC(=O)N[C@@H](C(=O)NNC(=O)COc1cc(C)cc(C)c1)C(C)C. The molecule has 1 rings (SSSR count). The highest BCUT2D eigenvalue weighted by Gasteiger charge is 2.23. The molecule has 1 aromatic rings.